The third kappa shape index (κ3) is 5.59. The molecular formula is C18H28Cl2N4O3. The second-order valence-corrected chi connectivity index (χ2v) is 7.46. The van der Waals surface area contributed by atoms with Gasteiger partial charge < -0.3 is 19.3 Å². The maximum Gasteiger partial charge on any atom is 0.410 e. The summed E-state index contributed by atoms with van der Waals surface area (Å²) in [6, 6.07) is 1.86. The van der Waals surface area contributed by atoms with Gasteiger partial charge in [-0.2, -0.15) is 0 Å². The molecule has 2 heterocycles. The van der Waals surface area contributed by atoms with Crippen LogP contribution < -0.4 is 4.90 Å². The second kappa shape index (κ2) is 10.3. The molecule has 27 heavy (non-hydrogen) atoms. The van der Waals surface area contributed by atoms with Crippen LogP contribution in [0.15, 0.2) is 6.07 Å². The molecule has 7 nitrogen and oxygen atoms in total. The van der Waals surface area contributed by atoms with Gasteiger partial charge in [0, 0.05) is 38.3 Å². The van der Waals surface area contributed by atoms with Crippen molar-refractivity contribution in [3.8, 4) is 0 Å². The van der Waals surface area contributed by atoms with Crippen LogP contribution in [0.1, 0.15) is 39.5 Å². The molecule has 1 saturated heterocycles. The minimum Gasteiger partial charge on any atom is -0.447 e. The molecule has 0 bridgehead atoms. The number of methoxy groups -OCH3 is 1. The molecule has 3 atom stereocenters. The first-order chi connectivity index (χ1) is 12.9. The Balaban J connectivity index is 2.15. The fraction of sp³-hybridized carbons (Fsp3) is 0.722. The first-order valence-corrected chi connectivity index (χ1v) is 10.0. The van der Waals surface area contributed by atoms with E-state index in [0.717, 1.165) is 25.7 Å². The third-order valence-electron chi connectivity index (χ3n) is 5.06. The minimum absolute atomic E-state index is 0.0841. The third-order valence-corrected chi connectivity index (χ3v) is 5.44. The molecule has 2 rings (SSSR count). The summed E-state index contributed by atoms with van der Waals surface area (Å²) >= 11 is 12.1. The number of ether oxygens (including phenoxy) is 2. The number of likely N-dealkylation sites (tertiary alicyclic amines) is 1. The van der Waals surface area contributed by atoms with Gasteiger partial charge in [0.15, 0.2) is 0 Å². The van der Waals surface area contributed by atoms with Crippen molar-refractivity contribution in [2.45, 2.75) is 57.7 Å². The van der Waals surface area contributed by atoms with Crippen LogP contribution in [0.5, 0.6) is 0 Å². The van der Waals surface area contributed by atoms with Crippen LogP contribution in [0.2, 0.25) is 10.3 Å². The van der Waals surface area contributed by atoms with Crippen LogP contribution in [0.4, 0.5) is 10.7 Å². The van der Waals surface area contributed by atoms with E-state index in [4.69, 9.17) is 32.7 Å². The Morgan fingerprint density at radius 3 is 2.22 bits per heavy atom. The second-order valence-electron chi connectivity index (χ2n) is 6.69. The lowest BCUT2D eigenvalue weighted by Crippen LogP contribution is -2.56. The van der Waals surface area contributed by atoms with Crippen molar-refractivity contribution in [1.29, 1.82) is 0 Å². The molecule has 1 aliphatic rings. The molecule has 0 spiro atoms. The smallest absolute Gasteiger partial charge is 0.410 e. The Morgan fingerprint density at radius 2 is 1.74 bits per heavy atom. The van der Waals surface area contributed by atoms with Crippen molar-refractivity contribution in [3.05, 3.63) is 16.4 Å². The van der Waals surface area contributed by atoms with E-state index in [-0.39, 0.29) is 30.8 Å². The van der Waals surface area contributed by atoms with E-state index >= 15 is 0 Å². The fourth-order valence-electron chi connectivity index (χ4n) is 3.58. The highest BCUT2D eigenvalue weighted by atomic mass is 35.5. The highest BCUT2D eigenvalue weighted by Crippen LogP contribution is 2.32. The van der Waals surface area contributed by atoms with Gasteiger partial charge in [-0.15, -0.1) is 0 Å². The number of hydrogen-bond donors (Lipinski definition) is 0. The number of amides is 1. The van der Waals surface area contributed by atoms with E-state index < -0.39 is 0 Å². The number of hydrogen-bond acceptors (Lipinski definition) is 6. The number of piperidine rings is 1. The molecule has 1 amide bonds. The lowest BCUT2D eigenvalue weighted by atomic mass is 9.88. The maximum atomic E-state index is 12.6. The molecule has 0 aliphatic carbocycles. The lowest BCUT2D eigenvalue weighted by Gasteiger charge is -2.46. The van der Waals surface area contributed by atoms with Crippen LogP contribution in [-0.2, 0) is 9.47 Å². The van der Waals surface area contributed by atoms with Crippen molar-refractivity contribution in [1.82, 2.24) is 14.9 Å². The largest absolute Gasteiger partial charge is 0.447 e. The lowest BCUT2D eigenvalue weighted by molar-refractivity contribution is 0.0258. The highest BCUT2D eigenvalue weighted by Gasteiger charge is 2.39. The summed E-state index contributed by atoms with van der Waals surface area (Å²) in [5, 5.41) is 0.630. The molecule has 1 fully saturated rings. The summed E-state index contributed by atoms with van der Waals surface area (Å²) < 4.78 is 10.4. The zero-order valence-electron chi connectivity index (χ0n) is 16.3. The van der Waals surface area contributed by atoms with Crippen molar-refractivity contribution < 1.29 is 14.3 Å². The van der Waals surface area contributed by atoms with Crippen LogP contribution in [-0.4, -0.2) is 66.5 Å². The average Bonchev–Trinajstić information content (AvgIpc) is 2.65. The maximum absolute atomic E-state index is 12.6. The Morgan fingerprint density at radius 1 is 1.19 bits per heavy atom. The van der Waals surface area contributed by atoms with Crippen LogP contribution in [0.25, 0.3) is 0 Å². The van der Waals surface area contributed by atoms with Gasteiger partial charge in [-0.1, -0.05) is 37.0 Å². The Kier molecular flexibility index (Phi) is 8.38. The van der Waals surface area contributed by atoms with Gasteiger partial charge in [0.05, 0.1) is 6.61 Å². The normalized spacial score (nSPS) is 22.6. The summed E-state index contributed by atoms with van der Waals surface area (Å²) in [4.78, 5) is 25.1. The number of anilines is 1. The summed E-state index contributed by atoms with van der Waals surface area (Å²) in [6.45, 7) is 4.83. The molecule has 0 aromatic carbocycles. The van der Waals surface area contributed by atoms with Gasteiger partial charge in [0.2, 0.25) is 5.95 Å². The fourth-order valence-corrected chi connectivity index (χ4v) is 3.99. The molecule has 1 aliphatic heterocycles. The number of aromatic nitrogens is 2. The average molecular weight is 419 g/mol. The molecule has 0 saturated carbocycles. The number of nitrogens with zero attached hydrogens (tertiary/aromatic N) is 4. The van der Waals surface area contributed by atoms with Crippen LogP contribution in [0, 0.1) is 0 Å². The molecule has 0 radical (unpaired) electrons. The minimum atomic E-state index is -0.270. The van der Waals surface area contributed by atoms with Crippen molar-refractivity contribution >= 4 is 35.2 Å². The van der Waals surface area contributed by atoms with Crippen molar-refractivity contribution in [3.63, 3.8) is 0 Å². The molecule has 9 heteroatoms. The molecule has 1 aromatic heterocycles. The van der Waals surface area contributed by atoms with E-state index in [0.29, 0.717) is 22.9 Å². The zero-order chi connectivity index (χ0) is 20.0. The number of carbonyl (C=O) groups excluding carboxylic acids is 1. The topological polar surface area (TPSA) is 67.8 Å². The van der Waals surface area contributed by atoms with Gasteiger partial charge in [-0.05, 0) is 25.7 Å². The standard InChI is InChI=1S/C18H28Cl2N4O3/c1-5-12-9-14(23(3)17-21-15(19)11-16(20)22-17)10-13(6-2)24(12)18(25)27-8-7-26-4/h11-14H,5-10H2,1-4H3/t12-,13+,14-. The SMILES string of the molecule is CC[C@@H]1C[C@@H](N(C)c2nc(Cl)cc(Cl)n2)C[C@H](CC)N1C(=O)OCCOC. The summed E-state index contributed by atoms with van der Waals surface area (Å²) in [5.74, 6) is 0.498. The predicted octanol–water partition coefficient (Wildman–Crippen LogP) is 4.02. The number of rotatable bonds is 7. The molecule has 0 N–H and O–H groups in total. The summed E-state index contributed by atoms with van der Waals surface area (Å²) in [5.41, 5.74) is 0. The van der Waals surface area contributed by atoms with E-state index in [2.05, 4.69) is 23.8 Å². The Hall–Kier alpha value is -1.31. The van der Waals surface area contributed by atoms with Crippen molar-refractivity contribution in [2.24, 2.45) is 0 Å². The first-order valence-electron chi connectivity index (χ1n) is 9.28. The Bertz CT molecular complexity index is 600. The quantitative estimate of drug-likeness (QED) is 0.491. The first kappa shape index (κ1) is 22.0. The van der Waals surface area contributed by atoms with E-state index in [1.165, 1.54) is 6.07 Å². The van der Waals surface area contributed by atoms with Gasteiger partial charge in [0.1, 0.15) is 16.9 Å². The molecular weight excluding hydrogens is 391 g/mol. The predicted molar refractivity (Wildman–Crippen MR) is 107 cm³/mol. The van der Waals surface area contributed by atoms with E-state index in [1.54, 1.807) is 7.11 Å². The van der Waals surface area contributed by atoms with Gasteiger partial charge in [-0.3, -0.25) is 0 Å². The summed E-state index contributed by atoms with van der Waals surface area (Å²) in [6.07, 6.45) is 3.02. The van der Waals surface area contributed by atoms with Gasteiger partial charge in [-0.25, -0.2) is 14.8 Å². The molecule has 152 valence electrons. The van der Waals surface area contributed by atoms with Crippen LogP contribution >= 0.6 is 23.2 Å². The number of halogens is 2. The summed E-state index contributed by atoms with van der Waals surface area (Å²) in [7, 11) is 3.53. The monoisotopic (exact) mass is 418 g/mol. The zero-order valence-corrected chi connectivity index (χ0v) is 17.8. The highest BCUT2D eigenvalue weighted by molar-refractivity contribution is 6.33. The van der Waals surface area contributed by atoms with Gasteiger partial charge >= 0.3 is 6.09 Å². The van der Waals surface area contributed by atoms with E-state index in [9.17, 15) is 4.79 Å². The number of carbonyl (C=O) groups is 1. The van der Waals surface area contributed by atoms with Crippen molar-refractivity contribution in [2.75, 3.05) is 32.3 Å². The Labute approximate surface area is 170 Å². The van der Waals surface area contributed by atoms with E-state index in [1.807, 2.05) is 16.8 Å². The molecule has 1 aromatic rings. The molecule has 0 unspecified atom stereocenters. The van der Waals surface area contributed by atoms with Gasteiger partial charge in [0.25, 0.3) is 0 Å². The van der Waals surface area contributed by atoms with Crippen LogP contribution in [0.3, 0.4) is 0 Å².